The summed E-state index contributed by atoms with van der Waals surface area (Å²) < 4.78 is 16.3. The van der Waals surface area contributed by atoms with Gasteiger partial charge in [-0.3, -0.25) is 24.6 Å². The number of rotatable bonds is 8. The smallest absolute Gasteiger partial charge is 0.300 e. The van der Waals surface area contributed by atoms with Crippen LogP contribution in [-0.4, -0.2) is 42.5 Å². The lowest BCUT2D eigenvalue weighted by molar-refractivity contribution is -0.384. The number of ether oxygens (including phenoxy) is 3. The molecule has 1 N–H and O–H groups in total. The molecule has 1 heterocycles. The third-order valence-corrected chi connectivity index (χ3v) is 5.93. The molecule has 1 saturated heterocycles. The van der Waals surface area contributed by atoms with Gasteiger partial charge < -0.3 is 19.3 Å². The molecule has 37 heavy (non-hydrogen) atoms. The number of carbonyl (C=O) groups excluding carboxylic acids is 2. The first-order valence-electron chi connectivity index (χ1n) is 11.3. The Morgan fingerprint density at radius 2 is 1.70 bits per heavy atom. The SMILES string of the molecule is CCOc1cccc(N2C(=O)C(=O)/C(=C(\O)c3ccc([N+](=O)[O-])cc3)C2c2ccc(OC)c(OC)c2)c1. The van der Waals surface area contributed by atoms with E-state index in [1.165, 1.54) is 43.4 Å². The summed E-state index contributed by atoms with van der Waals surface area (Å²) in [6, 6.07) is 15.7. The Balaban J connectivity index is 1.94. The van der Waals surface area contributed by atoms with Crippen molar-refractivity contribution >= 4 is 28.8 Å². The van der Waals surface area contributed by atoms with E-state index in [0.717, 1.165) is 0 Å². The predicted octanol–water partition coefficient (Wildman–Crippen LogP) is 4.64. The van der Waals surface area contributed by atoms with Crippen LogP contribution in [0.15, 0.2) is 72.3 Å². The van der Waals surface area contributed by atoms with Crippen LogP contribution in [0.3, 0.4) is 0 Å². The van der Waals surface area contributed by atoms with Gasteiger partial charge in [0.15, 0.2) is 11.5 Å². The molecule has 1 aliphatic rings. The predicted molar refractivity (Wildman–Crippen MR) is 135 cm³/mol. The number of hydrogen-bond acceptors (Lipinski definition) is 8. The molecule has 0 aliphatic carbocycles. The standard InChI is InChI=1S/C27H24N2O8/c1-4-37-20-7-5-6-19(15-20)28-24(17-10-13-21(35-2)22(14-17)36-3)23(26(31)27(28)32)25(30)16-8-11-18(12-9-16)29(33)34/h5-15,24,30H,4H2,1-3H3/b25-23-. The van der Waals surface area contributed by atoms with Crippen LogP contribution in [0.5, 0.6) is 17.2 Å². The zero-order valence-electron chi connectivity index (χ0n) is 20.3. The monoisotopic (exact) mass is 504 g/mol. The van der Waals surface area contributed by atoms with E-state index in [1.54, 1.807) is 42.5 Å². The zero-order chi connectivity index (χ0) is 26.7. The number of carbonyl (C=O) groups is 2. The molecular formula is C27H24N2O8. The highest BCUT2D eigenvalue weighted by Crippen LogP contribution is 2.44. The molecule has 1 fully saturated rings. The maximum Gasteiger partial charge on any atom is 0.300 e. The van der Waals surface area contributed by atoms with Gasteiger partial charge in [-0.2, -0.15) is 0 Å². The molecule has 10 nitrogen and oxygen atoms in total. The van der Waals surface area contributed by atoms with Gasteiger partial charge in [0, 0.05) is 29.4 Å². The van der Waals surface area contributed by atoms with Gasteiger partial charge in [0.1, 0.15) is 11.5 Å². The number of nitrogens with zero attached hydrogens (tertiary/aromatic N) is 2. The molecule has 0 aromatic heterocycles. The maximum absolute atomic E-state index is 13.4. The Morgan fingerprint density at radius 3 is 2.32 bits per heavy atom. The summed E-state index contributed by atoms with van der Waals surface area (Å²) in [7, 11) is 2.94. The van der Waals surface area contributed by atoms with E-state index in [1.807, 2.05) is 6.92 Å². The quantitative estimate of drug-likeness (QED) is 0.155. The van der Waals surface area contributed by atoms with Crippen LogP contribution in [0.4, 0.5) is 11.4 Å². The van der Waals surface area contributed by atoms with Crippen LogP contribution in [0.25, 0.3) is 5.76 Å². The molecule has 1 atom stereocenters. The molecular weight excluding hydrogens is 480 g/mol. The van der Waals surface area contributed by atoms with E-state index in [4.69, 9.17) is 14.2 Å². The summed E-state index contributed by atoms with van der Waals surface area (Å²) in [6.07, 6.45) is 0. The molecule has 0 bridgehead atoms. The number of anilines is 1. The third-order valence-electron chi connectivity index (χ3n) is 5.93. The minimum absolute atomic E-state index is 0.150. The van der Waals surface area contributed by atoms with Gasteiger partial charge in [-0.15, -0.1) is 0 Å². The summed E-state index contributed by atoms with van der Waals surface area (Å²) in [5.74, 6) is -0.907. The molecule has 0 saturated carbocycles. The molecule has 3 aromatic rings. The highest BCUT2D eigenvalue weighted by atomic mass is 16.6. The number of ketones is 1. The molecule has 0 spiro atoms. The number of benzene rings is 3. The zero-order valence-corrected chi connectivity index (χ0v) is 20.3. The van der Waals surface area contributed by atoms with Crippen LogP contribution >= 0.6 is 0 Å². The van der Waals surface area contributed by atoms with Crippen LogP contribution < -0.4 is 19.1 Å². The fraction of sp³-hybridized carbons (Fsp3) is 0.185. The molecule has 1 unspecified atom stereocenters. The summed E-state index contributed by atoms with van der Waals surface area (Å²) in [5, 5.41) is 22.3. The van der Waals surface area contributed by atoms with Crippen molar-refractivity contribution in [3.63, 3.8) is 0 Å². The first kappa shape index (κ1) is 25.2. The lowest BCUT2D eigenvalue weighted by Gasteiger charge is -2.26. The second-order valence-electron chi connectivity index (χ2n) is 8.02. The van der Waals surface area contributed by atoms with Gasteiger partial charge in [0.2, 0.25) is 0 Å². The number of nitro benzene ring substituents is 1. The van der Waals surface area contributed by atoms with Gasteiger partial charge in [-0.05, 0) is 48.9 Å². The second-order valence-corrected chi connectivity index (χ2v) is 8.02. The van der Waals surface area contributed by atoms with E-state index < -0.39 is 28.4 Å². The fourth-order valence-electron chi connectivity index (χ4n) is 4.22. The Morgan fingerprint density at radius 1 is 1.00 bits per heavy atom. The lowest BCUT2D eigenvalue weighted by atomic mass is 9.94. The van der Waals surface area contributed by atoms with Crippen molar-refractivity contribution in [2.24, 2.45) is 0 Å². The minimum atomic E-state index is -1.04. The molecule has 1 amide bonds. The van der Waals surface area contributed by atoms with Gasteiger partial charge in [-0.25, -0.2) is 0 Å². The highest BCUT2D eigenvalue weighted by Gasteiger charge is 2.47. The summed E-state index contributed by atoms with van der Waals surface area (Å²) >= 11 is 0. The van der Waals surface area contributed by atoms with Crippen LogP contribution in [0.2, 0.25) is 0 Å². The van der Waals surface area contributed by atoms with E-state index in [-0.39, 0.29) is 16.8 Å². The molecule has 190 valence electrons. The molecule has 4 rings (SSSR count). The van der Waals surface area contributed by atoms with E-state index >= 15 is 0 Å². The van der Waals surface area contributed by atoms with E-state index in [0.29, 0.717) is 35.1 Å². The first-order valence-corrected chi connectivity index (χ1v) is 11.3. The number of aliphatic hydroxyl groups is 1. The topological polar surface area (TPSA) is 128 Å². The first-order chi connectivity index (χ1) is 17.8. The number of hydrogen-bond donors (Lipinski definition) is 1. The lowest BCUT2D eigenvalue weighted by Crippen LogP contribution is -2.29. The number of amides is 1. The average Bonchev–Trinajstić information content (AvgIpc) is 3.18. The fourth-order valence-corrected chi connectivity index (χ4v) is 4.22. The summed E-state index contributed by atoms with van der Waals surface area (Å²) in [6.45, 7) is 2.23. The van der Waals surface area contributed by atoms with Crippen molar-refractivity contribution in [2.75, 3.05) is 25.7 Å². The van der Waals surface area contributed by atoms with Crippen LogP contribution in [-0.2, 0) is 9.59 Å². The minimum Gasteiger partial charge on any atom is -0.507 e. The Labute approximate surface area is 212 Å². The largest absolute Gasteiger partial charge is 0.507 e. The molecule has 1 aliphatic heterocycles. The Kier molecular flexibility index (Phi) is 7.10. The number of methoxy groups -OCH3 is 2. The summed E-state index contributed by atoms with van der Waals surface area (Å²) in [5.41, 5.74) is 0.656. The van der Waals surface area contributed by atoms with Crippen LogP contribution in [0, 0.1) is 10.1 Å². The number of non-ortho nitro benzene ring substituents is 1. The van der Waals surface area contributed by atoms with Gasteiger partial charge in [0.05, 0.1) is 37.4 Å². The van der Waals surface area contributed by atoms with Crippen LogP contribution in [0.1, 0.15) is 24.1 Å². The number of nitro groups is 1. The number of aliphatic hydroxyl groups excluding tert-OH is 1. The van der Waals surface area contributed by atoms with Crippen molar-refractivity contribution in [1.82, 2.24) is 0 Å². The molecule has 3 aromatic carbocycles. The third kappa shape index (κ3) is 4.68. The average molecular weight is 504 g/mol. The van der Waals surface area contributed by atoms with E-state index in [2.05, 4.69) is 0 Å². The van der Waals surface area contributed by atoms with Crippen molar-refractivity contribution < 1.29 is 33.8 Å². The molecule has 0 radical (unpaired) electrons. The van der Waals surface area contributed by atoms with Gasteiger partial charge >= 0.3 is 0 Å². The van der Waals surface area contributed by atoms with Crippen molar-refractivity contribution in [2.45, 2.75) is 13.0 Å². The summed E-state index contributed by atoms with van der Waals surface area (Å²) in [4.78, 5) is 38.5. The van der Waals surface area contributed by atoms with Crippen molar-refractivity contribution in [1.29, 1.82) is 0 Å². The normalized spacial score (nSPS) is 16.5. The second kappa shape index (κ2) is 10.4. The maximum atomic E-state index is 13.4. The Hall–Kier alpha value is -4.86. The number of Topliss-reactive ketones (excluding diaryl/α,β-unsaturated/α-hetero) is 1. The van der Waals surface area contributed by atoms with Gasteiger partial charge in [-0.1, -0.05) is 12.1 Å². The highest BCUT2D eigenvalue weighted by molar-refractivity contribution is 6.51. The van der Waals surface area contributed by atoms with E-state index in [9.17, 15) is 24.8 Å². The van der Waals surface area contributed by atoms with Crippen molar-refractivity contribution in [3.8, 4) is 17.2 Å². The van der Waals surface area contributed by atoms with Crippen molar-refractivity contribution in [3.05, 3.63) is 93.5 Å². The Bertz CT molecular complexity index is 1400. The van der Waals surface area contributed by atoms with Gasteiger partial charge in [0.25, 0.3) is 17.4 Å². The molecule has 10 heteroatoms.